The molecule has 0 aliphatic rings. The molecule has 0 aliphatic heterocycles. The van der Waals surface area contributed by atoms with Crippen molar-refractivity contribution < 1.29 is 14.8 Å². The second-order valence-corrected chi connectivity index (χ2v) is 5.54. The SMILES string of the molecule is COc1ccccc1-n1c(O)c(C=Nc2cccc([N+](=O)[O-])c2)c(=O)[nH]c1=O. The number of benzene rings is 2. The van der Waals surface area contributed by atoms with Gasteiger partial charge in [-0.1, -0.05) is 18.2 Å². The lowest BCUT2D eigenvalue weighted by atomic mass is 10.2. The number of hydrogen-bond donors (Lipinski definition) is 2. The Hall–Kier alpha value is -4.21. The molecule has 0 amide bonds. The maximum atomic E-state index is 12.2. The lowest BCUT2D eigenvalue weighted by Crippen LogP contribution is -2.31. The normalized spacial score (nSPS) is 10.9. The molecule has 28 heavy (non-hydrogen) atoms. The number of non-ortho nitro benzene ring substituents is 1. The smallest absolute Gasteiger partial charge is 0.335 e. The van der Waals surface area contributed by atoms with Crippen LogP contribution >= 0.6 is 0 Å². The highest BCUT2D eigenvalue weighted by Crippen LogP contribution is 2.25. The Morgan fingerprint density at radius 3 is 2.68 bits per heavy atom. The summed E-state index contributed by atoms with van der Waals surface area (Å²) in [6.07, 6.45) is 1.03. The minimum absolute atomic E-state index is 0.174. The number of aliphatic imine (C=N–C) groups is 1. The van der Waals surface area contributed by atoms with Crippen LogP contribution in [0.15, 0.2) is 63.1 Å². The zero-order chi connectivity index (χ0) is 20.3. The third-order valence-electron chi connectivity index (χ3n) is 3.83. The van der Waals surface area contributed by atoms with Crippen LogP contribution in [-0.4, -0.2) is 32.9 Å². The maximum Gasteiger partial charge on any atom is 0.335 e. The van der Waals surface area contributed by atoms with Crippen molar-refractivity contribution in [3.05, 3.63) is 85.0 Å². The monoisotopic (exact) mass is 382 g/mol. The number of para-hydroxylation sites is 2. The number of aromatic hydroxyl groups is 1. The average molecular weight is 382 g/mol. The van der Waals surface area contributed by atoms with Crippen molar-refractivity contribution in [1.29, 1.82) is 0 Å². The molecule has 0 aliphatic carbocycles. The second-order valence-electron chi connectivity index (χ2n) is 5.54. The van der Waals surface area contributed by atoms with E-state index in [0.717, 1.165) is 10.8 Å². The van der Waals surface area contributed by atoms with Crippen LogP contribution in [0.25, 0.3) is 5.69 Å². The number of rotatable bonds is 5. The van der Waals surface area contributed by atoms with Gasteiger partial charge in [-0.25, -0.2) is 9.36 Å². The van der Waals surface area contributed by atoms with Crippen LogP contribution in [-0.2, 0) is 0 Å². The molecular weight excluding hydrogens is 368 g/mol. The minimum Gasteiger partial charge on any atom is -0.495 e. The standard InChI is InChI=1S/C18H14N4O6/c1-28-15-8-3-2-7-14(15)21-17(24)13(16(23)20-18(21)25)10-19-11-5-4-6-12(9-11)22(26)27/h2-10,24H,1H3,(H,20,23,25). The molecule has 2 N–H and O–H groups in total. The lowest BCUT2D eigenvalue weighted by molar-refractivity contribution is -0.384. The van der Waals surface area contributed by atoms with Gasteiger partial charge in [-0.15, -0.1) is 0 Å². The number of ether oxygens (including phenoxy) is 1. The Balaban J connectivity index is 2.13. The molecule has 0 bridgehead atoms. The number of H-pyrrole nitrogens is 1. The van der Waals surface area contributed by atoms with Crippen molar-refractivity contribution in [3.8, 4) is 17.3 Å². The Labute approximate surface area is 157 Å². The number of methoxy groups -OCH3 is 1. The van der Waals surface area contributed by atoms with Crippen LogP contribution in [0.3, 0.4) is 0 Å². The van der Waals surface area contributed by atoms with Gasteiger partial charge in [-0.2, -0.15) is 0 Å². The fourth-order valence-electron chi connectivity index (χ4n) is 2.52. The minimum atomic E-state index is -0.862. The summed E-state index contributed by atoms with van der Waals surface area (Å²) in [5.41, 5.74) is -1.78. The van der Waals surface area contributed by atoms with E-state index in [1.165, 1.54) is 37.4 Å². The predicted octanol–water partition coefficient (Wildman–Crippen LogP) is 1.90. The number of nitro groups is 1. The van der Waals surface area contributed by atoms with E-state index in [1.54, 1.807) is 18.2 Å². The first-order valence-electron chi connectivity index (χ1n) is 7.92. The summed E-state index contributed by atoms with van der Waals surface area (Å²) < 4.78 is 6.05. The number of aromatic amines is 1. The van der Waals surface area contributed by atoms with E-state index in [0.29, 0.717) is 5.75 Å². The fraction of sp³-hybridized carbons (Fsp3) is 0.0556. The van der Waals surface area contributed by atoms with Gasteiger partial charge in [0.25, 0.3) is 11.2 Å². The molecule has 0 spiro atoms. The molecule has 1 heterocycles. The van der Waals surface area contributed by atoms with Crippen LogP contribution in [0.4, 0.5) is 11.4 Å². The largest absolute Gasteiger partial charge is 0.495 e. The summed E-state index contributed by atoms with van der Waals surface area (Å²) in [7, 11) is 1.40. The first-order chi connectivity index (χ1) is 13.4. The van der Waals surface area contributed by atoms with Crippen molar-refractivity contribution >= 4 is 17.6 Å². The Bertz CT molecular complexity index is 1200. The predicted molar refractivity (Wildman–Crippen MR) is 101 cm³/mol. The van der Waals surface area contributed by atoms with Crippen molar-refractivity contribution in [3.63, 3.8) is 0 Å². The van der Waals surface area contributed by atoms with Gasteiger partial charge in [0.15, 0.2) is 0 Å². The molecule has 0 saturated heterocycles. The van der Waals surface area contributed by atoms with Crippen LogP contribution in [0.2, 0.25) is 0 Å². The third kappa shape index (κ3) is 3.51. The van der Waals surface area contributed by atoms with E-state index < -0.39 is 22.1 Å². The number of aromatic nitrogens is 2. The molecule has 10 heteroatoms. The number of nitro benzene ring substituents is 1. The van der Waals surface area contributed by atoms with E-state index >= 15 is 0 Å². The van der Waals surface area contributed by atoms with Gasteiger partial charge in [-0.3, -0.25) is 24.9 Å². The first kappa shape index (κ1) is 18.6. The number of hydrogen-bond acceptors (Lipinski definition) is 7. The molecule has 1 aromatic heterocycles. The molecule has 0 saturated carbocycles. The number of nitrogens with zero attached hydrogens (tertiary/aromatic N) is 3. The van der Waals surface area contributed by atoms with Crippen molar-refractivity contribution in [2.75, 3.05) is 7.11 Å². The maximum absolute atomic E-state index is 12.2. The topological polar surface area (TPSA) is 140 Å². The third-order valence-corrected chi connectivity index (χ3v) is 3.83. The highest BCUT2D eigenvalue weighted by molar-refractivity contribution is 5.84. The van der Waals surface area contributed by atoms with E-state index in [4.69, 9.17) is 4.74 Å². The molecule has 0 fully saturated rings. The first-order valence-corrected chi connectivity index (χ1v) is 7.92. The zero-order valence-corrected chi connectivity index (χ0v) is 14.5. The van der Waals surface area contributed by atoms with Gasteiger partial charge in [-0.05, 0) is 18.2 Å². The summed E-state index contributed by atoms with van der Waals surface area (Å²) >= 11 is 0. The van der Waals surface area contributed by atoms with Crippen molar-refractivity contribution in [1.82, 2.24) is 9.55 Å². The van der Waals surface area contributed by atoms with Crippen LogP contribution in [0.5, 0.6) is 11.6 Å². The molecule has 3 rings (SSSR count). The van der Waals surface area contributed by atoms with Gasteiger partial charge in [0.2, 0.25) is 5.88 Å². The van der Waals surface area contributed by atoms with Gasteiger partial charge in [0, 0.05) is 18.3 Å². The Morgan fingerprint density at radius 1 is 1.21 bits per heavy atom. The van der Waals surface area contributed by atoms with Crippen LogP contribution in [0.1, 0.15) is 5.56 Å². The summed E-state index contributed by atoms with van der Waals surface area (Å²) in [5.74, 6) is -0.346. The number of nitrogens with one attached hydrogen (secondary N) is 1. The summed E-state index contributed by atoms with van der Waals surface area (Å²) in [6, 6.07) is 11.9. The van der Waals surface area contributed by atoms with Gasteiger partial charge in [0.05, 0.1) is 23.4 Å². The highest BCUT2D eigenvalue weighted by atomic mass is 16.6. The van der Waals surface area contributed by atoms with Gasteiger partial charge >= 0.3 is 5.69 Å². The van der Waals surface area contributed by atoms with Gasteiger partial charge in [0.1, 0.15) is 11.3 Å². The summed E-state index contributed by atoms with van der Waals surface area (Å²) in [6.45, 7) is 0. The molecule has 0 unspecified atom stereocenters. The van der Waals surface area contributed by atoms with E-state index in [1.807, 2.05) is 0 Å². The lowest BCUT2D eigenvalue weighted by Gasteiger charge is -2.12. The summed E-state index contributed by atoms with van der Waals surface area (Å²) in [5, 5.41) is 21.4. The molecule has 0 radical (unpaired) electrons. The highest BCUT2D eigenvalue weighted by Gasteiger charge is 2.17. The average Bonchev–Trinajstić information content (AvgIpc) is 2.68. The summed E-state index contributed by atoms with van der Waals surface area (Å²) in [4.78, 5) is 40.7. The van der Waals surface area contributed by atoms with Gasteiger partial charge < -0.3 is 9.84 Å². The van der Waals surface area contributed by atoms with E-state index in [-0.39, 0.29) is 22.6 Å². The van der Waals surface area contributed by atoms with Crippen LogP contribution in [0, 0.1) is 10.1 Å². The molecular formula is C18H14N4O6. The van der Waals surface area contributed by atoms with E-state index in [2.05, 4.69) is 9.98 Å². The molecule has 10 nitrogen and oxygen atoms in total. The van der Waals surface area contributed by atoms with E-state index in [9.17, 15) is 24.8 Å². The van der Waals surface area contributed by atoms with Crippen molar-refractivity contribution in [2.45, 2.75) is 0 Å². The Morgan fingerprint density at radius 2 is 1.96 bits per heavy atom. The van der Waals surface area contributed by atoms with Crippen molar-refractivity contribution in [2.24, 2.45) is 4.99 Å². The fourth-order valence-corrected chi connectivity index (χ4v) is 2.52. The quantitative estimate of drug-likeness (QED) is 0.392. The molecule has 3 aromatic rings. The Kier molecular flexibility index (Phi) is 5.03. The van der Waals surface area contributed by atoms with Crippen LogP contribution < -0.4 is 16.0 Å². The molecule has 0 atom stereocenters. The zero-order valence-electron chi connectivity index (χ0n) is 14.5. The molecule has 142 valence electrons. The molecule has 2 aromatic carbocycles. The second kappa shape index (κ2) is 7.58.